The van der Waals surface area contributed by atoms with Gasteiger partial charge in [-0.15, -0.1) is 0 Å². The van der Waals surface area contributed by atoms with Gasteiger partial charge in [0.05, 0.1) is 5.54 Å². The Kier molecular flexibility index (Phi) is 4.32. The maximum atomic E-state index is 6.99. The molecule has 0 bridgehead atoms. The van der Waals surface area contributed by atoms with Crippen LogP contribution in [0.5, 0.6) is 0 Å². The predicted octanol–water partition coefficient (Wildman–Crippen LogP) is 4.24. The summed E-state index contributed by atoms with van der Waals surface area (Å²) in [5.41, 5.74) is 8.32. The Labute approximate surface area is 133 Å². The highest BCUT2D eigenvalue weighted by molar-refractivity contribution is 5.41. The van der Waals surface area contributed by atoms with Gasteiger partial charge in [-0.25, -0.2) is 0 Å². The summed E-state index contributed by atoms with van der Waals surface area (Å²) in [7, 11) is 1.79. The molecule has 22 heavy (non-hydrogen) atoms. The fourth-order valence-electron chi connectivity index (χ4n) is 4.06. The third kappa shape index (κ3) is 2.37. The molecule has 0 unspecified atom stereocenters. The van der Waals surface area contributed by atoms with Gasteiger partial charge >= 0.3 is 0 Å². The molecular formula is C20H25NO. The largest absolute Gasteiger partial charge is 0.367 e. The van der Waals surface area contributed by atoms with E-state index in [1.807, 2.05) is 12.1 Å². The Morgan fingerprint density at radius 1 is 0.818 bits per heavy atom. The van der Waals surface area contributed by atoms with Crippen molar-refractivity contribution in [2.75, 3.05) is 7.11 Å². The lowest BCUT2D eigenvalue weighted by Gasteiger charge is -2.50. The highest BCUT2D eigenvalue weighted by Crippen LogP contribution is 2.47. The summed E-state index contributed by atoms with van der Waals surface area (Å²) >= 11 is 0. The average Bonchev–Trinajstić information content (AvgIpc) is 2.58. The standard InChI is InChI=1S/C20H25NO/c1-22-20(17-11-5-2-6-12-17,18-13-7-3-8-14-18)19(21)15-9-4-10-16-19/h2-3,5-8,11-14H,4,9-10,15-16,21H2,1H3. The first kappa shape index (κ1) is 15.3. The van der Waals surface area contributed by atoms with Crippen LogP contribution < -0.4 is 5.73 Å². The molecule has 0 atom stereocenters. The van der Waals surface area contributed by atoms with E-state index in [1.54, 1.807) is 7.11 Å². The first-order valence-electron chi connectivity index (χ1n) is 8.18. The van der Waals surface area contributed by atoms with Crippen molar-refractivity contribution >= 4 is 0 Å². The molecule has 0 aromatic heterocycles. The van der Waals surface area contributed by atoms with Crippen LogP contribution in [-0.4, -0.2) is 12.6 Å². The molecule has 0 heterocycles. The maximum absolute atomic E-state index is 6.99. The zero-order valence-electron chi connectivity index (χ0n) is 13.3. The van der Waals surface area contributed by atoms with E-state index >= 15 is 0 Å². The van der Waals surface area contributed by atoms with E-state index in [9.17, 15) is 0 Å². The molecule has 1 saturated carbocycles. The normalized spacial score (nSPS) is 18.1. The number of benzene rings is 2. The smallest absolute Gasteiger partial charge is 0.136 e. The van der Waals surface area contributed by atoms with Gasteiger partial charge in [-0.3, -0.25) is 0 Å². The molecule has 2 aromatic carbocycles. The van der Waals surface area contributed by atoms with Gasteiger partial charge in [0.25, 0.3) is 0 Å². The molecule has 0 amide bonds. The number of rotatable bonds is 4. The minimum atomic E-state index is -0.587. The quantitative estimate of drug-likeness (QED) is 0.915. The van der Waals surface area contributed by atoms with Gasteiger partial charge in [-0.1, -0.05) is 79.9 Å². The van der Waals surface area contributed by atoms with Crippen LogP contribution in [0.3, 0.4) is 0 Å². The van der Waals surface area contributed by atoms with Crippen molar-refractivity contribution in [2.45, 2.75) is 43.2 Å². The second-order valence-corrected chi connectivity index (χ2v) is 6.33. The number of hydrogen-bond acceptors (Lipinski definition) is 2. The van der Waals surface area contributed by atoms with Gasteiger partial charge in [-0.2, -0.15) is 0 Å². The molecule has 0 radical (unpaired) electrons. The molecular weight excluding hydrogens is 270 g/mol. The Hall–Kier alpha value is -1.64. The highest BCUT2D eigenvalue weighted by Gasteiger charge is 2.51. The van der Waals surface area contributed by atoms with Crippen LogP contribution in [-0.2, 0) is 10.3 Å². The lowest BCUT2D eigenvalue weighted by molar-refractivity contribution is -0.0589. The third-order valence-corrected chi connectivity index (χ3v) is 5.11. The van der Waals surface area contributed by atoms with Crippen molar-refractivity contribution in [1.82, 2.24) is 0 Å². The van der Waals surface area contributed by atoms with E-state index in [-0.39, 0.29) is 5.54 Å². The Morgan fingerprint density at radius 2 is 1.27 bits per heavy atom. The molecule has 3 rings (SSSR count). The van der Waals surface area contributed by atoms with Gasteiger partial charge in [0.1, 0.15) is 5.60 Å². The van der Waals surface area contributed by atoms with Crippen molar-refractivity contribution in [2.24, 2.45) is 5.73 Å². The number of methoxy groups -OCH3 is 1. The van der Waals surface area contributed by atoms with Gasteiger partial charge in [0.15, 0.2) is 0 Å². The fourth-order valence-corrected chi connectivity index (χ4v) is 4.06. The molecule has 0 saturated heterocycles. The van der Waals surface area contributed by atoms with E-state index in [0.717, 1.165) is 24.0 Å². The van der Waals surface area contributed by atoms with Gasteiger partial charge in [-0.05, 0) is 24.0 Å². The summed E-state index contributed by atoms with van der Waals surface area (Å²) in [6, 6.07) is 20.9. The van der Waals surface area contributed by atoms with E-state index in [4.69, 9.17) is 10.5 Å². The second kappa shape index (κ2) is 6.23. The summed E-state index contributed by atoms with van der Waals surface area (Å²) in [6.07, 6.45) is 5.58. The van der Waals surface area contributed by atoms with Crippen molar-refractivity contribution < 1.29 is 4.74 Å². The van der Waals surface area contributed by atoms with E-state index < -0.39 is 5.60 Å². The highest BCUT2D eigenvalue weighted by atomic mass is 16.5. The SMILES string of the molecule is COC(c1ccccc1)(c1ccccc1)C1(N)CCCCC1. The lowest BCUT2D eigenvalue weighted by atomic mass is 9.64. The van der Waals surface area contributed by atoms with Crippen molar-refractivity contribution in [1.29, 1.82) is 0 Å². The Morgan fingerprint density at radius 3 is 1.68 bits per heavy atom. The van der Waals surface area contributed by atoms with Gasteiger partial charge in [0, 0.05) is 7.11 Å². The maximum Gasteiger partial charge on any atom is 0.136 e. The van der Waals surface area contributed by atoms with E-state index in [2.05, 4.69) is 48.5 Å². The zero-order valence-corrected chi connectivity index (χ0v) is 13.3. The van der Waals surface area contributed by atoms with Crippen molar-refractivity contribution in [3.05, 3.63) is 71.8 Å². The molecule has 2 N–H and O–H groups in total. The summed E-state index contributed by atoms with van der Waals surface area (Å²) in [4.78, 5) is 0. The van der Waals surface area contributed by atoms with Crippen molar-refractivity contribution in [3.63, 3.8) is 0 Å². The number of nitrogens with two attached hydrogens (primary N) is 1. The van der Waals surface area contributed by atoms with Gasteiger partial charge in [0.2, 0.25) is 0 Å². The summed E-state index contributed by atoms with van der Waals surface area (Å²) in [5.74, 6) is 0. The molecule has 1 aliphatic carbocycles. The number of hydrogen-bond donors (Lipinski definition) is 1. The van der Waals surface area contributed by atoms with E-state index in [0.29, 0.717) is 0 Å². The average molecular weight is 295 g/mol. The molecule has 2 aromatic rings. The fraction of sp³-hybridized carbons (Fsp3) is 0.400. The minimum Gasteiger partial charge on any atom is -0.367 e. The zero-order chi connectivity index (χ0) is 15.5. The number of ether oxygens (including phenoxy) is 1. The molecule has 116 valence electrons. The third-order valence-electron chi connectivity index (χ3n) is 5.11. The first-order chi connectivity index (χ1) is 10.7. The van der Waals surface area contributed by atoms with Crippen molar-refractivity contribution in [3.8, 4) is 0 Å². The predicted molar refractivity (Wildman–Crippen MR) is 90.7 cm³/mol. The molecule has 2 heteroatoms. The Balaban J connectivity index is 2.21. The van der Waals surface area contributed by atoms with Crippen LogP contribution in [0.2, 0.25) is 0 Å². The van der Waals surface area contributed by atoms with Gasteiger partial charge < -0.3 is 10.5 Å². The van der Waals surface area contributed by atoms with E-state index in [1.165, 1.54) is 19.3 Å². The monoisotopic (exact) mass is 295 g/mol. The molecule has 1 fully saturated rings. The summed E-state index contributed by atoms with van der Waals surface area (Å²) in [5, 5.41) is 0. The minimum absolute atomic E-state index is 0.372. The summed E-state index contributed by atoms with van der Waals surface area (Å²) in [6.45, 7) is 0. The molecule has 0 spiro atoms. The first-order valence-corrected chi connectivity index (χ1v) is 8.18. The Bertz CT molecular complexity index is 548. The topological polar surface area (TPSA) is 35.2 Å². The summed E-state index contributed by atoms with van der Waals surface area (Å²) < 4.78 is 6.23. The van der Waals surface area contributed by atoms with Crippen LogP contribution in [0.4, 0.5) is 0 Å². The molecule has 1 aliphatic rings. The van der Waals surface area contributed by atoms with Crippen LogP contribution in [0, 0.1) is 0 Å². The lowest BCUT2D eigenvalue weighted by Crippen LogP contribution is -2.60. The molecule has 0 aliphatic heterocycles. The molecule has 2 nitrogen and oxygen atoms in total. The van der Waals surface area contributed by atoms with Crippen LogP contribution in [0.25, 0.3) is 0 Å². The van der Waals surface area contributed by atoms with Crippen LogP contribution in [0.1, 0.15) is 43.2 Å². The van der Waals surface area contributed by atoms with Crippen LogP contribution >= 0.6 is 0 Å². The van der Waals surface area contributed by atoms with Crippen LogP contribution in [0.15, 0.2) is 60.7 Å². The second-order valence-electron chi connectivity index (χ2n) is 6.33.